The Balaban J connectivity index is 1.48. The Morgan fingerprint density at radius 1 is 1.00 bits per heavy atom. The second-order valence-corrected chi connectivity index (χ2v) is 6.62. The zero-order valence-electron chi connectivity index (χ0n) is 17.2. The van der Waals surface area contributed by atoms with Crippen molar-refractivity contribution in [1.82, 2.24) is 5.43 Å². The predicted octanol–water partition coefficient (Wildman–Crippen LogP) is 4.30. The van der Waals surface area contributed by atoms with Crippen molar-refractivity contribution in [2.24, 2.45) is 5.10 Å². The summed E-state index contributed by atoms with van der Waals surface area (Å²) in [5.41, 5.74) is 3.84. The molecule has 0 heterocycles. The number of nitrogens with zero attached hydrogens (tertiary/aromatic N) is 1. The number of benzene rings is 3. The van der Waals surface area contributed by atoms with Gasteiger partial charge < -0.3 is 9.47 Å². The number of allylic oxidation sites excluding steroid dienone is 1. The number of rotatable bonds is 9. The number of hydrazone groups is 1. The Morgan fingerprint density at radius 3 is 2.47 bits per heavy atom. The maximum Gasteiger partial charge on any atom is 0.346 e. The van der Waals surface area contributed by atoms with E-state index in [1.165, 1.54) is 24.4 Å². The molecule has 3 rings (SSSR count). The van der Waals surface area contributed by atoms with Crippen molar-refractivity contribution in [2.75, 3.05) is 6.61 Å². The minimum Gasteiger partial charge on any atom is -0.483 e. The van der Waals surface area contributed by atoms with Crippen LogP contribution in [0.5, 0.6) is 11.5 Å². The van der Waals surface area contributed by atoms with Crippen LogP contribution < -0.4 is 14.9 Å². The van der Waals surface area contributed by atoms with E-state index in [-0.39, 0.29) is 17.9 Å². The van der Waals surface area contributed by atoms with Gasteiger partial charge >= 0.3 is 5.97 Å². The van der Waals surface area contributed by atoms with Crippen LogP contribution in [0.2, 0.25) is 0 Å². The summed E-state index contributed by atoms with van der Waals surface area (Å²) in [7, 11) is 0. The van der Waals surface area contributed by atoms with E-state index < -0.39 is 17.7 Å². The second-order valence-electron chi connectivity index (χ2n) is 6.62. The standard InChI is InChI=1S/C25H21FN2O4/c1-2-7-19-8-3-6-11-23(19)31-17-24(29)28-27-16-18-12-14-20(15-13-18)32-25(30)21-9-4-5-10-22(21)26/h2-6,8-16H,1,7,17H2,(H,28,29). The smallest absolute Gasteiger partial charge is 0.346 e. The Labute approximate surface area is 185 Å². The number of halogens is 1. The molecule has 6 nitrogen and oxygen atoms in total. The summed E-state index contributed by atoms with van der Waals surface area (Å²) in [6, 6.07) is 19.4. The summed E-state index contributed by atoms with van der Waals surface area (Å²) in [5, 5.41) is 3.88. The van der Waals surface area contributed by atoms with Gasteiger partial charge in [0.25, 0.3) is 5.91 Å². The summed E-state index contributed by atoms with van der Waals surface area (Å²) in [6.07, 6.45) is 3.84. The molecule has 0 aromatic heterocycles. The van der Waals surface area contributed by atoms with Crippen LogP contribution in [0.3, 0.4) is 0 Å². The molecule has 0 unspecified atom stereocenters. The molecule has 3 aromatic carbocycles. The average molecular weight is 432 g/mol. The number of hydrogen-bond acceptors (Lipinski definition) is 5. The molecule has 1 amide bonds. The van der Waals surface area contributed by atoms with Gasteiger partial charge in [-0.05, 0) is 60.0 Å². The van der Waals surface area contributed by atoms with Crippen molar-refractivity contribution in [1.29, 1.82) is 0 Å². The van der Waals surface area contributed by atoms with Gasteiger partial charge in [0.2, 0.25) is 0 Å². The van der Waals surface area contributed by atoms with Gasteiger partial charge in [-0.3, -0.25) is 4.79 Å². The van der Waals surface area contributed by atoms with E-state index in [4.69, 9.17) is 9.47 Å². The summed E-state index contributed by atoms with van der Waals surface area (Å²) in [5.74, 6) is -0.972. The van der Waals surface area contributed by atoms with Crippen molar-refractivity contribution >= 4 is 18.1 Å². The highest BCUT2D eigenvalue weighted by molar-refractivity contribution is 5.91. The molecular weight excluding hydrogens is 411 g/mol. The molecule has 7 heteroatoms. The van der Waals surface area contributed by atoms with E-state index in [0.29, 0.717) is 17.7 Å². The van der Waals surface area contributed by atoms with E-state index in [0.717, 1.165) is 5.56 Å². The molecule has 0 saturated carbocycles. The monoisotopic (exact) mass is 432 g/mol. The number of carbonyl (C=O) groups excluding carboxylic acids is 2. The summed E-state index contributed by atoms with van der Waals surface area (Å²) < 4.78 is 24.4. The molecule has 1 N–H and O–H groups in total. The first-order valence-electron chi connectivity index (χ1n) is 9.77. The number of nitrogens with one attached hydrogen (secondary N) is 1. The van der Waals surface area contributed by atoms with Gasteiger partial charge in [-0.15, -0.1) is 6.58 Å². The Bertz CT molecular complexity index is 1130. The SMILES string of the molecule is C=CCc1ccccc1OCC(=O)NN=Cc1ccc(OC(=O)c2ccccc2F)cc1. The van der Waals surface area contributed by atoms with Crippen LogP contribution >= 0.6 is 0 Å². The first kappa shape index (κ1) is 22.4. The number of carbonyl (C=O) groups is 2. The minimum absolute atomic E-state index is 0.143. The number of amides is 1. The molecule has 0 atom stereocenters. The van der Waals surface area contributed by atoms with Gasteiger partial charge in [0.05, 0.1) is 11.8 Å². The lowest BCUT2D eigenvalue weighted by Crippen LogP contribution is -2.24. The lowest BCUT2D eigenvalue weighted by molar-refractivity contribution is -0.123. The van der Waals surface area contributed by atoms with Gasteiger partial charge in [-0.1, -0.05) is 36.4 Å². The van der Waals surface area contributed by atoms with E-state index in [2.05, 4.69) is 17.1 Å². The summed E-state index contributed by atoms with van der Waals surface area (Å²) >= 11 is 0. The molecule has 0 radical (unpaired) electrons. The lowest BCUT2D eigenvalue weighted by atomic mass is 10.1. The lowest BCUT2D eigenvalue weighted by Gasteiger charge is -2.09. The molecule has 0 saturated heterocycles. The highest BCUT2D eigenvalue weighted by atomic mass is 19.1. The molecule has 0 aliphatic carbocycles. The van der Waals surface area contributed by atoms with Crippen molar-refractivity contribution in [2.45, 2.75) is 6.42 Å². The maximum atomic E-state index is 13.7. The molecule has 0 aliphatic rings. The van der Waals surface area contributed by atoms with Gasteiger partial charge in [-0.2, -0.15) is 5.10 Å². The highest BCUT2D eigenvalue weighted by Gasteiger charge is 2.13. The van der Waals surface area contributed by atoms with Crippen LogP contribution in [0.4, 0.5) is 4.39 Å². The molecule has 3 aromatic rings. The zero-order chi connectivity index (χ0) is 22.8. The normalized spacial score (nSPS) is 10.5. The maximum absolute atomic E-state index is 13.7. The molecule has 32 heavy (non-hydrogen) atoms. The molecule has 0 aliphatic heterocycles. The third kappa shape index (κ3) is 6.37. The largest absolute Gasteiger partial charge is 0.483 e. The van der Waals surface area contributed by atoms with Gasteiger partial charge in [0, 0.05) is 0 Å². The molecule has 0 fully saturated rings. The summed E-state index contributed by atoms with van der Waals surface area (Å²) in [6.45, 7) is 3.52. The van der Waals surface area contributed by atoms with Crippen molar-refractivity contribution in [3.05, 3.63) is 108 Å². The van der Waals surface area contributed by atoms with E-state index in [9.17, 15) is 14.0 Å². The fourth-order valence-electron chi connectivity index (χ4n) is 2.73. The zero-order valence-corrected chi connectivity index (χ0v) is 17.2. The van der Waals surface area contributed by atoms with Crippen LogP contribution in [0.25, 0.3) is 0 Å². The summed E-state index contributed by atoms with van der Waals surface area (Å²) in [4.78, 5) is 24.0. The molecular formula is C25H21FN2O4. The van der Waals surface area contributed by atoms with Crippen LogP contribution in [0.1, 0.15) is 21.5 Å². The van der Waals surface area contributed by atoms with E-state index in [1.807, 2.05) is 18.2 Å². The Hall–Kier alpha value is -4.26. The fourth-order valence-corrected chi connectivity index (χ4v) is 2.73. The van der Waals surface area contributed by atoms with Crippen LogP contribution in [0.15, 0.2) is 90.6 Å². The topological polar surface area (TPSA) is 77.0 Å². The number of hydrogen-bond donors (Lipinski definition) is 1. The van der Waals surface area contributed by atoms with Crippen LogP contribution in [-0.4, -0.2) is 24.7 Å². The van der Waals surface area contributed by atoms with Gasteiger partial charge in [0.1, 0.15) is 17.3 Å². The van der Waals surface area contributed by atoms with Crippen molar-refractivity contribution in [3.8, 4) is 11.5 Å². The fraction of sp³-hybridized carbons (Fsp3) is 0.0800. The number of esters is 1. The Kier molecular flexibility index (Phi) is 7.86. The van der Waals surface area contributed by atoms with Crippen LogP contribution in [0, 0.1) is 5.82 Å². The van der Waals surface area contributed by atoms with Crippen molar-refractivity contribution in [3.63, 3.8) is 0 Å². The number of ether oxygens (including phenoxy) is 2. The van der Waals surface area contributed by atoms with E-state index >= 15 is 0 Å². The van der Waals surface area contributed by atoms with Gasteiger partial charge in [0.15, 0.2) is 6.61 Å². The first-order valence-corrected chi connectivity index (χ1v) is 9.77. The number of para-hydroxylation sites is 1. The average Bonchev–Trinajstić information content (AvgIpc) is 2.80. The molecule has 0 bridgehead atoms. The van der Waals surface area contributed by atoms with E-state index in [1.54, 1.807) is 42.5 Å². The third-order valence-electron chi connectivity index (χ3n) is 4.28. The molecule has 162 valence electrons. The van der Waals surface area contributed by atoms with Crippen LogP contribution in [-0.2, 0) is 11.2 Å². The predicted molar refractivity (Wildman–Crippen MR) is 119 cm³/mol. The Morgan fingerprint density at radius 2 is 1.72 bits per heavy atom. The first-order chi connectivity index (χ1) is 15.6. The second kappa shape index (κ2) is 11.2. The highest BCUT2D eigenvalue weighted by Crippen LogP contribution is 2.18. The molecule has 0 spiro atoms. The van der Waals surface area contributed by atoms with Crippen molar-refractivity contribution < 1.29 is 23.5 Å². The van der Waals surface area contributed by atoms with Gasteiger partial charge in [-0.25, -0.2) is 14.6 Å². The quantitative estimate of drug-likeness (QED) is 0.180. The third-order valence-corrected chi connectivity index (χ3v) is 4.28. The minimum atomic E-state index is -0.786.